The van der Waals surface area contributed by atoms with E-state index >= 15 is 0 Å². The lowest BCUT2D eigenvalue weighted by molar-refractivity contribution is -0.127. The Hall–Kier alpha value is -2.61. The molecule has 0 unspecified atom stereocenters. The molecule has 0 spiro atoms. The third-order valence-corrected chi connectivity index (χ3v) is 6.01. The highest BCUT2D eigenvalue weighted by Gasteiger charge is 2.38. The van der Waals surface area contributed by atoms with E-state index in [1.165, 1.54) is 24.3 Å². The van der Waals surface area contributed by atoms with Gasteiger partial charge in [-0.2, -0.15) is 0 Å². The van der Waals surface area contributed by atoms with Crippen molar-refractivity contribution in [3.05, 3.63) is 53.8 Å². The first-order valence-electron chi connectivity index (χ1n) is 9.80. The zero-order valence-electron chi connectivity index (χ0n) is 17.6. The number of nitrogens with one attached hydrogen (secondary N) is 1. The number of halogens is 1. The van der Waals surface area contributed by atoms with Gasteiger partial charge in [-0.15, -0.1) is 0 Å². The van der Waals surface area contributed by atoms with Crippen molar-refractivity contribution in [3.8, 4) is 5.75 Å². The molecular formula is C22H27FN2O4S. The number of carbonyl (C=O) groups excluding carboxylic acids is 1. The first-order valence-corrected chi connectivity index (χ1v) is 11.5. The Morgan fingerprint density at radius 3 is 2.47 bits per heavy atom. The van der Waals surface area contributed by atoms with Gasteiger partial charge in [0.1, 0.15) is 18.2 Å². The van der Waals surface area contributed by atoms with Gasteiger partial charge in [-0.3, -0.25) is 9.52 Å². The van der Waals surface area contributed by atoms with Gasteiger partial charge in [-0.1, -0.05) is 26.0 Å². The SMILES string of the molecule is CC(C)CN1C(=O)C(C)(C)COc2ccc(NS(=O)(=O)Cc3ccc(F)cc3)cc21. The molecule has 2 aromatic rings. The molecule has 6 nitrogen and oxygen atoms in total. The molecule has 1 aliphatic heterocycles. The van der Waals surface area contributed by atoms with Crippen molar-refractivity contribution in [2.75, 3.05) is 22.8 Å². The van der Waals surface area contributed by atoms with Crippen molar-refractivity contribution >= 4 is 27.3 Å². The number of ether oxygens (including phenoxy) is 1. The van der Waals surface area contributed by atoms with E-state index < -0.39 is 21.3 Å². The van der Waals surface area contributed by atoms with E-state index in [1.807, 2.05) is 27.7 Å². The number of nitrogens with zero attached hydrogens (tertiary/aromatic N) is 1. The zero-order valence-corrected chi connectivity index (χ0v) is 18.4. The van der Waals surface area contributed by atoms with Crippen LogP contribution in [0.1, 0.15) is 33.3 Å². The normalized spacial score (nSPS) is 16.1. The summed E-state index contributed by atoms with van der Waals surface area (Å²) >= 11 is 0. The number of hydrogen-bond acceptors (Lipinski definition) is 4. The van der Waals surface area contributed by atoms with Crippen LogP contribution >= 0.6 is 0 Å². The summed E-state index contributed by atoms with van der Waals surface area (Å²) in [6.45, 7) is 8.43. The molecule has 0 radical (unpaired) electrons. The van der Waals surface area contributed by atoms with Crippen molar-refractivity contribution in [1.29, 1.82) is 0 Å². The van der Waals surface area contributed by atoms with Crippen LogP contribution in [-0.2, 0) is 20.6 Å². The molecule has 0 saturated heterocycles. The first-order chi connectivity index (χ1) is 14.0. The fourth-order valence-corrected chi connectivity index (χ4v) is 4.46. The Morgan fingerprint density at radius 2 is 1.83 bits per heavy atom. The quantitative estimate of drug-likeness (QED) is 0.740. The van der Waals surface area contributed by atoms with Crippen LogP contribution in [0.25, 0.3) is 0 Å². The Morgan fingerprint density at radius 1 is 1.17 bits per heavy atom. The molecule has 162 valence electrons. The molecule has 1 heterocycles. The van der Waals surface area contributed by atoms with E-state index in [0.29, 0.717) is 29.2 Å². The molecule has 1 aliphatic rings. The Bertz CT molecular complexity index is 1030. The molecule has 0 aromatic heterocycles. The van der Waals surface area contributed by atoms with Gasteiger partial charge in [0, 0.05) is 6.54 Å². The van der Waals surface area contributed by atoms with Crippen LogP contribution in [-0.4, -0.2) is 27.5 Å². The maximum atomic E-state index is 13.1. The largest absolute Gasteiger partial charge is 0.490 e. The molecule has 0 aliphatic carbocycles. The molecule has 0 fully saturated rings. The lowest BCUT2D eigenvalue weighted by atomic mass is 9.92. The molecule has 0 saturated carbocycles. The van der Waals surface area contributed by atoms with Gasteiger partial charge >= 0.3 is 0 Å². The highest BCUT2D eigenvalue weighted by atomic mass is 32.2. The second-order valence-corrected chi connectivity index (χ2v) is 10.4. The highest BCUT2D eigenvalue weighted by molar-refractivity contribution is 7.91. The number of benzene rings is 2. The number of carbonyl (C=O) groups is 1. The molecule has 2 aromatic carbocycles. The average Bonchev–Trinajstić information content (AvgIpc) is 2.73. The van der Waals surface area contributed by atoms with Crippen molar-refractivity contribution in [2.24, 2.45) is 11.3 Å². The molecule has 8 heteroatoms. The van der Waals surface area contributed by atoms with E-state index in [2.05, 4.69) is 4.72 Å². The Labute approximate surface area is 177 Å². The van der Waals surface area contributed by atoms with Crippen LogP contribution in [0.2, 0.25) is 0 Å². The topological polar surface area (TPSA) is 75.7 Å². The smallest absolute Gasteiger partial charge is 0.236 e. The lowest BCUT2D eigenvalue weighted by Crippen LogP contribution is -2.43. The van der Waals surface area contributed by atoms with E-state index in [0.717, 1.165) is 0 Å². The molecule has 3 rings (SSSR count). The third kappa shape index (κ3) is 5.11. The summed E-state index contributed by atoms with van der Waals surface area (Å²) in [7, 11) is -3.73. The maximum absolute atomic E-state index is 13.1. The van der Waals surface area contributed by atoms with Crippen LogP contribution in [0.3, 0.4) is 0 Å². The molecule has 30 heavy (non-hydrogen) atoms. The van der Waals surface area contributed by atoms with Crippen molar-refractivity contribution in [1.82, 2.24) is 0 Å². The predicted octanol–water partition coefficient (Wildman–Crippen LogP) is 4.18. The van der Waals surface area contributed by atoms with E-state index in [-0.39, 0.29) is 24.2 Å². The predicted molar refractivity (Wildman–Crippen MR) is 116 cm³/mol. The van der Waals surface area contributed by atoms with Crippen LogP contribution in [0.15, 0.2) is 42.5 Å². The molecule has 0 atom stereocenters. The number of rotatable bonds is 6. The molecular weight excluding hydrogens is 407 g/mol. The minimum absolute atomic E-state index is 0.0683. The standard InChI is InChI=1S/C22H27FN2O4S/c1-15(2)12-25-19-11-18(9-10-20(19)29-14-22(3,4)21(25)26)24-30(27,28)13-16-5-7-17(23)8-6-16/h5-11,15,24H,12-14H2,1-4H3. The van der Waals surface area contributed by atoms with Crippen molar-refractivity contribution < 1.29 is 22.3 Å². The van der Waals surface area contributed by atoms with Crippen LogP contribution < -0.4 is 14.4 Å². The van der Waals surface area contributed by atoms with Gasteiger partial charge in [-0.05, 0) is 55.7 Å². The van der Waals surface area contributed by atoms with Crippen LogP contribution in [0.5, 0.6) is 5.75 Å². The fourth-order valence-electron chi connectivity index (χ4n) is 3.27. The summed E-state index contributed by atoms with van der Waals surface area (Å²) in [5.41, 5.74) is 0.651. The molecule has 1 N–H and O–H groups in total. The van der Waals surface area contributed by atoms with Gasteiger partial charge in [0.05, 0.1) is 22.5 Å². The summed E-state index contributed by atoms with van der Waals surface area (Å²) < 4.78 is 46.7. The van der Waals surface area contributed by atoms with Crippen LogP contribution in [0, 0.1) is 17.2 Å². The summed E-state index contributed by atoms with van der Waals surface area (Å²) in [5.74, 6) is -0.0257. The zero-order chi connectivity index (χ0) is 22.1. The van der Waals surface area contributed by atoms with Gasteiger partial charge < -0.3 is 9.64 Å². The molecule has 1 amide bonds. The van der Waals surface area contributed by atoms with Gasteiger partial charge in [0.2, 0.25) is 15.9 Å². The number of hydrogen-bond donors (Lipinski definition) is 1. The monoisotopic (exact) mass is 434 g/mol. The number of fused-ring (bicyclic) bond motifs is 1. The van der Waals surface area contributed by atoms with Gasteiger partial charge in [-0.25, -0.2) is 12.8 Å². The van der Waals surface area contributed by atoms with Gasteiger partial charge in [0.15, 0.2) is 0 Å². The summed E-state index contributed by atoms with van der Waals surface area (Å²) in [5, 5.41) is 0. The number of anilines is 2. The summed E-state index contributed by atoms with van der Waals surface area (Å²) in [6.07, 6.45) is 0. The van der Waals surface area contributed by atoms with E-state index in [1.54, 1.807) is 23.1 Å². The summed E-state index contributed by atoms with van der Waals surface area (Å²) in [6, 6.07) is 10.2. The minimum atomic E-state index is -3.73. The maximum Gasteiger partial charge on any atom is 0.236 e. The van der Waals surface area contributed by atoms with E-state index in [9.17, 15) is 17.6 Å². The second-order valence-electron chi connectivity index (χ2n) is 8.65. The Kier molecular flexibility index (Phi) is 6.08. The lowest BCUT2D eigenvalue weighted by Gasteiger charge is -2.29. The minimum Gasteiger partial charge on any atom is -0.490 e. The highest BCUT2D eigenvalue weighted by Crippen LogP contribution is 2.38. The average molecular weight is 435 g/mol. The van der Waals surface area contributed by atoms with Crippen molar-refractivity contribution in [2.45, 2.75) is 33.4 Å². The first kappa shape index (κ1) is 22.1. The van der Waals surface area contributed by atoms with Crippen molar-refractivity contribution in [3.63, 3.8) is 0 Å². The van der Waals surface area contributed by atoms with Gasteiger partial charge in [0.25, 0.3) is 0 Å². The third-order valence-electron chi connectivity index (χ3n) is 4.75. The number of sulfonamides is 1. The second kappa shape index (κ2) is 8.26. The van der Waals surface area contributed by atoms with E-state index in [4.69, 9.17) is 4.74 Å². The van der Waals surface area contributed by atoms with Crippen LogP contribution in [0.4, 0.5) is 15.8 Å². The fraction of sp³-hybridized carbons (Fsp3) is 0.409. The molecule has 0 bridgehead atoms. The summed E-state index contributed by atoms with van der Waals surface area (Å²) in [4.78, 5) is 14.8. The Balaban J connectivity index is 1.90. The number of amides is 1.